The van der Waals surface area contributed by atoms with E-state index in [-0.39, 0.29) is 11.9 Å². The Kier molecular flexibility index (Phi) is 3.67. The van der Waals surface area contributed by atoms with Crippen molar-refractivity contribution in [2.45, 2.75) is 13.0 Å². The average Bonchev–Trinajstić information content (AvgIpc) is 2.38. The van der Waals surface area contributed by atoms with Crippen LogP contribution >= 0.6 is 0 Å². The lowest BCUT2D eigenvalue weighted by Crippen LogP contribution is -2.13. The van der Waals surface area contributed by atoms with Crippen LogP contribution in [0.3, 0.4) is 0 Å². The molecule has 1 aromatic carbocycles. The lowest BCUT2D eigenvalue weighted by Gasteiger charge is -2.16. The first-order chi connectivity index (χ1) is 8.63. The highest BCUT2D eigenvalue weighted by Crippen LogP contribution is 2.30. The van der Waals surface area contributed by atoms with Gasteiger partial charge in [0.15, 0.2) is 0 Å². The number of hydrogen-bond acceptors (Lipinski definition) is 2. The molecule has 4 heteroatoms. The molecular weight excluding hydrogens is 234 g/mol. The highest BCUT2D eigenvalue weighted by molar-refractivity contribution is 5.68. The van der Waals surface area contributed by atoms with Gasteiger partial charge >= 0.3 is 0 Å². The predicted octanol–water partition coefficient (Wildman–Crippen LogP) is 3.31. The highest BCUT2D eigenvalue weighted by atomic mass is 19.1. The summed E-state index contributed by atoms with van der Waals surface area (Å²) in [6, 6.07) is 5.96. The maximum absolute atomic E-state index is 13.7. The molecule has 0 saturated heterocycles. The molecule has 1 heterocycles. The fourth-order valence-corrected chi connectivity index (χ4v) is 1.89. The van der Waals surface area contributed by atoms with E-state index in [2.05, 4.69) is 10.3 Å². The number of nitrogens with one attached hydrogen (secondary N) is 1. The van der Waals surface area contributed by atoms with Crippen LogP contribution in [-0.2, 0) is 0 Å². The van der Waals surface area contributed by atoms with E-state index >= 15 is 0 Å². The summed E-state index contributed by atoms with van der Waals surface area (Å²) < 4.78 is 27.1. The number of rotatable bonds is 3. The number of nitrogens with zero attached hydrogens (tertiary/aromatic N) is 1. The van der Waals surface area contributed by atoms with Crippen LogP contribution < -0.4 is 5.32 Å². The summed E-state index contributed by atoms with van der Waals surface area (Å²) >= 11 is 0. The van der Waals surface area contributed by atoms with E-state index in [0.717, 1.165) is 11.8 Å². The Hall–Kier alpha value is -1.81. The first-order valence-corrected chi connectivity index (χ1v) is 5.70. The molecule has 2 aromatic rings. The van der Waals surface area contributed by atoms with E-state index in [1.165, 1.54) is 18.3 Å². The monoisotopic (exact) mass is 248 g/mol. The van der Waals surface area contributed by atoms with Crippen molar-refractivity contribution in [1.29, 1.82) is 0 Å². The molecule has 0 bridgehead atoms. The van der Waals surface area contributed by atoms with Gasteiger partial charge in [0.05, 0.1) is 6.20 Å². The van der Waals surface area contributed by atoms with Crippen LogP contribution in [0, 0.1) is 11.6 Å². The van der Waals surface area contributed by atoms with Gasteiger partial charge in [0, 0.05) is 17.8 Å². The molecule has 0 amide bonds. The molecule has 0 radical (unpaired) electrons. The van der Waals surface area contributed by atoms with Gasteiger partial charge in [-0.2, -0.15) is 0 Å². The molecule has 18 heavy (non-hydrogen) atoms. The van der Waals surface area contributed by atoms with Crippen LogP contribution in [0.5, 0.6) is 0 Å². The van der Waals surface area contributed by atoms with Crippen LogP contribution in [0.2, 0.25) is 0 Å². The first-order valence-electron chi connectivity index (χ1n) is 5.70. The van der Waals surface area contributed by atoms with Gasteiger partial charge in [-0.25, -0.2) is 8.78 Å². The van der Waals surface area contributed by atoms with Crippen LogP contribution in [0.15, 0.2) is 36.7 Å². The third kappa shape index (κ3) is 2.38. The van der Waals surface area contributed by atoms with Crippen molar-refractivity contribution in [3.05, 3.63) is 53.9 Å². The summed E-state index contributed by atoms with van der Waals surface area (Å²) in [5, 5.41) is 3.07. The molecule has 1 unspecified atom stereocenters. The molecule has 2 rings (SSSR count). The summed E-state index contributed by atoms with van der Waals surface area (Å²) in [4.78, 5) is 3.70. The fraction of sp³-hybridized carbons (Fsp3) is 0.214. The largest absolute Gasteiger partial charge is 0.313 e. The zero-order chi connectivity index (χ0) is 13.1. The summed E-state index contributed by atoms with van der Waals surface area (Å²) in [5.41, 5.74) is 1.77. The summed E-state index contributed by atoms with van der Waals surface area (Å²) in [5.74, 6) is -0.832. The molecule has 1 atom stereocenters. The van der Waals surface area contributed by atoms with Crippen LogP contribution in [0.25, 0.3) is 11.1 Å². The Morgan fingerprint density at radius 3 is 2.61 bits per heavy atom. The quantitative estimate of drug-likeness (QED) is 0.901. The van der Waals surface area contributed by atoms with E-state index < -0.39 is 5.82 Å². The minimum absolute atomic E-state index is 0.00756. The first kappa shape index (κ1) is 12.6. The van der Waals surface area contributed by atoms with Gasteiger partial charge in [0.2, 0.25) is 0 Å². The Labute approximate surface area is 105 Å². The van der Waals surface area contributed by atoms with Gasteiger partial charge in [0.25, 0.3) is 0 Å². The maximum atomic E-state index is 13.7. The predicted molar refractivity (Wildman–Crippen MR) is 67.1 cm³/mol. The Balaban J connectivity index is 2.62. The molecule has 1 N–H and O–H groups in total. The lowest BCUT2D eigenvalue weighted by atomic mass is 9.96. The third-order valence-corrected chi connectivity index (χ3v) is 2.98. The topological polar surface area (TPSA) is 24.9 Å². The van der Waals surface area contributed by atoms with Crippen LogP contribution in [0.4, 0.5) is 8.78 Å². The zero-order valence-corrected chi connectivity index (χ0v) is 10.2. The van der Waals surface area contributed by atoms with Crippen molar-refractivity contribution >= 4 is 0 Å². The second kappa shape index (κ2) is 5.23. The Morgan fingerprint density at radius 1 is 1.17 bits per heavy atom. The van der Waals surface area contributed by atoms with Gasteiger partial charge in [-0.3, -0.25) is 4.98 Å². The van der Waals surface area contributed by atoms with E-state index in [9.17, 15) is 8.78 Å². The second-order valence-corrected chi connectivity index (χ2v) is 4.10. The smallest absolute Gasteiger partial charge is 0.149 e. The van der Waals surface area contributed by atoms with Gasteiger partial charge in [0.1, 0.15) is 11.6 Å². The molecule has 1 aromatic heterocycles. The fourth-order valence-electron chi connectivity index (χ4n) is 1.89. The van der Waals surface area contributed by atoms with Gasteiger partial charge in [-0.15, -0.1) is 0 Å². The van der Waals surface area contributed by atoms with Crippen LogP contribution in [-0.4, -0.2) is 12.0 Å². The molecule has 2 nitrogen and oxygen atoms in total. The summed E-state index contributed by atoms with van der Waals surface area (Å²) in [6.07, 6.45) is 2.63. The SMILES string of the molecule is CNC(C)c1ccc(F)cc1-c1ccncc1F. The molecule has 0 aliphatic heterocycles. The number of pyridine rings is 1. The zero-order valence-electron chi connectivity index (χ0n) is 10.2. The highest BCUT2D eigenvalue weighted by Gasteiger charge is 2.14. The average molecular weight is 248 g/mol. The number of hydrogen-bond donors (Lipinski definition) is 1. The third-order valence-electron chi connectivity index (χ3n) is 2.98. The van der Waals surface area contributed by atoms with Crippen LogP contribution in [0.1, 0.15) is 18.5 Å². The molecule has 94 valence electrons. The normalized spacial score (nSPS) is 12.4. The summed E-state index contributed by atoms with van der Waals surface area (Å²) in [7, 11) is 1.81. The number of aromatic nitrogens is 1. The van der Waals surface area contributed by atoms with Crippen molar-refractivity contribution in [2.24, 2.45) is 0 Å². The Morgan fingerprint density at radius 2 is 1.94 bits per heavy atom. The van der Waals surface area contributed by atoms with Gasteiger partial charge in [-0.1, -0.05) is 6.07 Å². The maximum Gasteiger partial charge on any atom is 0.149 e. The molecule has 0 saturated carbocycles. The summed E-state index contributed by atoms with van der Waals surface area (Å²) in [6.45, 7) is 1.94. The lowest BCUT2D eigenvalue weighted by molar-refractivity contribution is 0.613. The number of halogens is 2. The molecule has 0 aliphatic rings. The van der Waals surface area contributed by atoms with E-state index in [4.69, 9.17) is 0 Å². The molecular formula is C14H14F2N2. The van der Waals surface area contributed by atoms with Crippen molar-refractivity contribution in [3.8, 4) is 11.1 Å². The minimum Gasteiger partial charge on any atom is -0.313 e. The second-order valence-electron chi connectivity index (χ2n) is 4.10. The Bertz CT molecular complexity index is 555. The van der Waals surface area contributed by atoms with Crippen molar-refractivity contribution in [1.82, 2.24) is 10.3 Å². The standard InChI is InChI=1S/C14H14F2N2/c1-9(17-2)11-4-3-10(15)7-13(11)12-5-6-18-8-14(12)16/h3-9,17H,1-2H3. The molecule has 0 fully saturated rings. The van der Waals surface area contributed by atoms with Crippen molar-refractivity contribution in [2.75, 3.05) is 7.05 Å². The molecule has 0 spiro atoms. The molecule has 0 aliphatic carbocycles. The van der Waals surface area contributed by atoms with E-state index in [1.54, 1.807) is 19.2 Å². The van der Waals surface area contributed by atoms with E-state index in [1.807, 2.05) is 6.92 Å². The van der Waals surface area contributed by atoms with Crippen molar-refractivity contribution < 1.29 is 8.78 Å². The minimum atomic E-state index is -0.451. The van der Waals surface area contributed by atoms with Gasteiger partial charge in [-0.05, 0) is 43.3 Å². The number of benzene rings is 1. The van der Waals surface area contributed by atoms with Gasteiger partial charge < -0.3 is 5.32 Å². The van der Waals surface area contributed by atoms with Crippen molar-refractivity contribution in [3.63, 3.8) is 0 Å². The van der Waals surface area contributed by atoms with E-state index in [0.29, 0.717) is 11.1 Å².